The summed E-state index contributed by atoms with van der Waals surface area (Å²) in [6, 6.07) is 12.3. The summed E-state index contributed by atoms with van der Waals surface area (Å²) >= 11 is 0. The number of pyridine rings is 1. The minimum absolute atomic E-state index is 0.00780. The lowest BCUT2D eigenvalue weighted by Crippen LogP contribution is -2.50. The highest BCUT2D eigenvalue weighted by molar-refractivity contribution is 5.70. The zero-order valence-corrected chi connectivity index (χ0v) is 21.0. The Kier molecular flexibility index (Phi) is 6.24. The minimum Gasteiger partial charge on any atom is -0.444 e. The van der Waals surface area contributed by atoms with Crippen LogP contribution in [0.5, 0.6) is 0 Å². The lowest BCUT2D eigenvalue weighted by Gasteiger charge is -2.43. The zero-order valence-electron chi connectivity index (χ0n) is 21.0. The van der Waals surface area contributed by atoms with Gasteiger partial charge in [-0.05, 0) is 57.7 Å². The predicted octanol–water partition coefficient (Wildman–Crippen LogP) is 6.37. The van der Waals surface area contributed by atoms with E-state index in [1.165, 1.54) is 11.6 Å². The van der Waals surface area contributed by atoms with E-state index >= 15 is 0 Å². The summed E-state index contributed by atoms with van der Waals surface area (Å²) in [7, 11) is 0. The topological polar surface area (TPSA) is 81.4 Å². The number of benzene rings is 1. The Balaban J connectivity index is 1.41. The Labute approximate surface area is 213 Å². The third-order valence-corrected chi connectivity index (χ3v) is 6.99. The maximum Gasteiger partial charge on any atom is 0.433 e. The molecule has 0 aliphatic heterocycles. The van der Waals surface area contributed by atoms with Gasteiger partial charge in [-0.2, -0.15) is 18.2 Å². The van der Waals surface area contributed by atoms with Crippen molar-refractivity contribution in [2.45, 2.75) is 75.6 Å². The van der Waals surface area contributed by atoms with Gasteiger partial charge in [-0.25, -0.2) is 4.79 Å². The van der Waals surface area contributed by atoms with Crippen LogP contribution in [0.4, 0.5) is 18.0 Å². The maximum atomic E-state index is 13.4. The second-order valence-corrected chi connectivity index (χ2v) is 10.9. The van der Waals surface area contributed by atoms with Crippen LogP contribution >= 0.6 is 0 Å². The van der Waals surface area contributed by atoms with Crippen molar-refractivity contribution in [1.29, 1.82) is 0 Å². The zero-order chi connectivity index (χ0) is 26.4. The number of rotatable bonds is 6. The van der Waals surface area contributed by atoms with Gasteiger partial charge in [0.05, 0.1) is 5.41 Å². The number of amides is 1. The summed E-state index contributed by atoms with van der Waals surface area (Å²) in [6.45, 7) is 5.84. The van der Waals surface area contributed by atoms with Crippen molar-refractivity contribution >= 4 is 6.09 Å². The molecule has 2 heterocycles. The number of alkyl halides is 3. The molecule has 0 bridgehead atoms. The van der Waals surface area contributed by atoms with E-state index in [9.17, 15) is 18.0 Å². The minimum atomic E-state index is -4.58. The average molecular weight is 515 g/mol. The first-order valence-electron chi connectivity index (χ1n) is 12.4. The lowest BCUT2D eigenvalue weighted by atomic mass is 9.67. The Morgan fingerprint density at radius 3 is 2.51 bits per heavy atom. The largest absolute Gasteiger partial charge is 0.444 e. The van der Waals surface area contributed by atoms with Gasteiger partial charge in [0.2, 0.25) is 0 Å². The Bertz CT molecular complexity index is 1270. The van der Waals surface area contributed by atoms with Gasteiger partial charge in [-0.15, -0.1) is 0 Å². The molecular formula is C27H29F3N4O3. The monoisotopic (exact) mass is 514 g/mol. The van der Waals surface area contributed by atoms with E-state index in [-0.39, 0.29) is 23.4 Å². The van der Waals surface area contributed by atoms with Crippen LogP contribution in [0.25, 0.3) is 11.5 Å². The van der Waals surface area contributed by atoms with Crippen LogP contribution in [0.1, 0.15) is 69.5 Å². The van der Waals surface area contributed by atoms with Gasteiger partial charge in [-0.1, -0.05) is 41.9 Å². The van der Waals surface area contributed by atoms with Crippen molar-refractivity contribution in [3.8, 4) is 11.5 Å². The number of nitrogens with zero attached hydrogens (tertiary/aromatic N) is 4. The molecule has 2 fully saturated rings. The van der Waals surface area contributed by atoms with Crippen molar-refractivity contribution < 1.29 is 27.2 Å². The van der Waals surface area contributed by atoms with Crippen LogP contribution in [0.2, 0.25) is 0 Å². The molecule has 2 aliphatic carbocycles. The molecular weight excluding hydrogens is 485 g/mol. The molecule has 0 N–H and O–H groups in total. The van der Waals surface area contributed by atoms with Gasteiger partial charge in [-0.3, -0.25) is 4.98 Å². The standard InChI is InChI=1S/C27H29F3N4O3/c1-25(2,3)36-24(35)34(20-15-19(20)17-8-5-4-6-9-17)16-26(11-7-12-26)23-32-22(37-33-23)18-10-13-31-21(14-18)27(28,29)30/h4-6,8-10,13-14,19-20H,7,11-12,15-16H2,1-3H3. The molecule has 1 amide bonds. The van der Waals surface area contributed by atoms with Crippen molar-refractivity contribution in [3.05, 3.63) is 65.7 Å². The SMILES string of the molecule is CC(C)(C)OC(=O)N(CC1(c2noc(-c3ccnc(C(F)(F)F)c3)n2)CCC1)C1CC1c1ccccc1. The molecule has 0 saturated heterocycles. The molecule has 2 saturated carbocycles. The summed E-state index contributed by atoms with van der Waals surface area (Å²) in [5.41, 5.74) is -0.923. The predicted molar refractivity (Wildman–Crippen MR) is 129 cm³/mol. The first kappa shape index (κ1) is 25.2. The number of aromatic nitrogens is 3. The van der Waals surface area contributed by atoms with Crippen molar-refractivity contribution in [2.24, 2.45) is 0 Å². The first-order valence-corrected chi connectivity index (χ1v) is 12.4. The highest BCUT2D eigenvalue weighted by atomic mass is 19.4. The molecule has 0 radical (unpaired) electrons. The van der Waals surface area contributed by atoms with Gasteiger partial charge in [0.25, 0.3) is 5.89 Å². The average Bonchev–Trinajstić information content (AvgIpc) is 3.44. The summed E-state index contributed by atoms with van der Waals surface area (Å²) in [5.74, 6) is 0.598. The molecule has 5 rings (SSSR count). The van der Waals surface area contributed by atoms with Crippen LogP contribution in [-0.4, -0.2) is 44.3 Å². The fourth-order valence-corrected chi connectivity index (χ4v) is 4.88. The Morgan fingerprint density at radius 2 is 1.89 bits per heavy atom. The third-order valence-electron chi connectivity index (χ3n) is 6.99. The van der Waals surface area contributed by atoms with E-state index in [0.717, 1.165) is 37.9 Å². The molecule has 1 aromatic carbocycles. The van der Waals surface area contributed by atoms with Crippen LogP contribution < -0.4 is 0 Å². The van der Waals surface area contributed by atoms with E-state index in [1.54, 1.807) is 4.90 Å². The Hall–Kier alpha value is -3.43. The fraction of sp³-hybridized carbons (Fsp3) is 0.481. The molecule has 37 heavy (non-hydrogen) atoms. The lowest BCUT2D eigenvalue weighted by molar-refractivity contribution is -0.141. The Morgan fingerprint density at radius 1 is 1.16 bits per heavy atom. The number of hydrogen-bond acceptors (Lipinski definition) is 6. The molecule has 7 nitrogen and oxygen atoms in total. The third kappa shape index (κ3) is 5.33. The summed E-state index contributed by atoms with van der Waals surface area (Å²) < 4.78 is 50.6. The molecule has 0 spiro atoms. The highest BCUT2D eigenvalue weighted by Crippen LogP contribution is 2.49. The molecule has 10 heteroatoms. The van der Waals surface area contributed by atoms with E-state index in [1.807, 2.05) is 39.0 Å². The van der Waals surface area contributed by atoms with Gasteiger partial charge in [0.1, 0.15) is 11.3 Å². The van der Waals surface area contributed by atoms with Crippen molar-refractivity contribution in [2.75, 3.05) is 6.54 Å². The number of carbonyl (C=O) groups excluding carboxylic acids is 1. The molecule has 3 aromatic rings. The van der Waals surface area contributed by atoms with E-state index in [4.69, 9.17) is 9.26 Å². The molecule has 2 aliphatic rings. The maximum absolute atomic E-state index is 13.4. The number of carbonyl (C=O) groups is 1. The smallest absolute Gasteiger partial charge is 0.433 e. The van der Waals surface area contributed by atoms with Gasteiger partial charge in [0.15, 0.2) is 5.82 Å². The normalized spacial score (nSPS) is 20.7. The van der Waals surface area contributed by atoms with E-state index < -0.39 is 29.0 Å². The molecule has 2 aromatic heterocycles. The first-order chi connectivity index (χ1) is 17.5. The second-order valence-electron chi connectivity index (χ2n) is 10.9. The van der Waals surface area contributed by atoms with Crippen LogP contribution in [-0.2, 0) is 16.3 Å². The second kappa shape index (κ2) is 9.15. The highest BCUT2D eigenvalue weighted by Gasteiger charge is 2.52. The summed E-state index contributed by atoms with van der Waals surface area (Å²) in [4.78, 5) is 23.0. The molecule has 196 valence electrons. The summed E-state index contributed by atoms with van der Waals surface area (Å²) in [5, 5.41) is 4.16. The van der Waals surface area contributed by atoms with E-state index in [0.29, 0.717) is 12.4 Å². The van der Waals surface area contributed by atoms with Gasteiger partial charge >= 0.3 is 12.3 Å². The quantitative estimate of drug-likeness (QED) is 0.381. The van der Waals surface area contributed by atoms with Crippen LogP contribution in [0.3, 0.4) is 0 Å². The van der Waals surface area contributed by atoms with Gasteiger partial charge < -0.3 is 14.2 Å². The molecule has 2 unspecified atom stereocenters. The van der Waals surface area contributed by atoms with Gasteiger partial charge in [0, 0.05) is 30.3 Å². The van der Waals surface area contributed by atoms with Crippen molar-refractivity contribution in [1.82, 2.24) is 20.0 Å². The molecule has 2 atom stereocenters. The summed E-state index contributed by atoms with van der Waals surface area (Å²) in [6.07, 6.45) is -0.685. The van der Waals surface area contributed by atoms with Crippen LogP contribution in [0, 0.1) is 0 Å². The fourth-order valence-electron chi connectivity index (χ4n) is 4.88. The number of hydrogen-bond donors (Lipinski definition) is 0. The van der Waals surface area contributed by atoms with Crippen LogP contribution in [0.15, 0.2) is 53.2 Å². The number of ether oxygens (including phenoxy) is 1. The number of halogens is 3. The van der Waals surface area contributed by atoms with Crippen molar-refractivity contribution in [3.63, 3.8) is 0 Å². The van der Waals surface area contributed by atoms with E-state index in [2.05, 4.69) is 27.3 Å².